The first-order chi connectivity index (χ1) is 7.83. The van der Waals surface area contributed by atoms with E-state index in [2.05, 4.69) is 45.2 Å². The lowest BCUT2D eigenvalue weighted by Gasteiger charge is -2.05. The molecular formula is C14H34S2. The van der Waals surface area contributed by atoms with Crippen LogP contribution in [0.1, 0.15) is 73.1 Å². The number of thioether (sulfide) groups is 1. The van der Waals surface area contributed by atoms with Gasteiger partial charge in [0.2, 0.25) is 0 Å². The fourth-order valence-corrected chi connectivity index (χ4v) is 1.71. The van der Waals surface area contributed by atoms with E-state index in [0.29, 0.717) is 0 Å². The SMILES string of the molecule is C1CCSCC1.CC.CCCC.CCCS. The van der Waals surface area contributed by atoms with Crippen molar-refractivity contribution >= 4 is 24.4 Å². The second-order valence-corrected chi connectivity index (χ2v) is 5.07. The molecule has 1 fully saturated rings. The van der Waals surface area contributed by atoms with E-state index in [1.807, 2.05) is 13.8 Å². The Bertz CT molecular complexity index is 51.6. The fourth-order valence-electron chi connectivity index (χ4n) is 0.687. The van der Waals surface area contributed by atoms with Gasteiger partial charge in [-0.15, -0.1) is 0 Å². The minimum atomic E-state index is 1.01. The smallest absolute Gasteiger partial charge is 0.00675 e. The molecule has 0 aromatic heterocycles. The maximum absolute atomic E-state index is 3.92. The van der Waals surface area contributed by atoms with E-state index < -0.39 is 0 Å². The van der Waals surface area contributed by atoms with Crippen LogP contribution in [-0.4, -0.2) is 17.3 Å². The second kappa shape index (κ2) is 29.6. The first-order valence-electron chi connectivity index (χ1n) is 7.01. The van der Waals surface area contributed by atoms with Gasteiger partial charge in [-0.3, -0.25) is 0 Å². The monoisotopic (exact) mass is 266 g/mol. The van der Waals surface area contributed by atoms with Crippen LogP contribution in [0.2, 0.25) is 0 Å². The molecule has 1 aliphatic heterocycles. The Hall–Kier alpha value is 0.700. The van der Waals surface area contributed by atoms with Crippen LogP contribution in [-0.2, 0) is 0 Å². The first kappa shape index (κ1) is 21.9. The highest BCUT2D eigenvalue weighted by Gasteiger charge is 1.95. The third kappa shape index (κ3) is 36.5. The Morgan fingerprint density at radius 1 is 0.812 bits per heavy atom. The molecule has 0 aliphatic carbocycles. The molecule has 1 heterocycles. The second-order valence-electron chi connectivity index (χ2n) is 3.40. The van der Waals surface area contributed by atoms with E-state index >= 15 is 0 Å². The van der Waals surface area contributed by atoms with Gasteiger partial charge < -0.3 is 0 Å². The predicted molar refractivity (Wildman–Crippen MR) is 87.3 cm³/mol. The fraction of sp³-hybridized carbons (Fsp3) is 1.00. The molecule has 1 aliphatic rings. The standard InChI is InChI=1S/C5H10S.C4H10.C3H8S.C2H6/c1-2-4-6-5-3-1;1-3-4-2;1-2-3-4;1-2/h1-5H2;3-4H2,1-2H3;4H,2-3H2,1H3;1-2H3. The molecule has 1 saturated heterocycles. The van der Waals surface area contributed by atoms with Crippen LogP contribution in [0.25, 0.3) is 0 Å². The average molecular weight is 267 g/mol. The maximum Gasteiger partial charge on any atom is -0.00675 e. The van der Waals surface area contributed by atoms with Crippen molar-refractivity contribution < 1.29 is 0 Å². The normalized spacial score (nSPS) is 13.1. The summed E-state index contributed by atoms with van der Waals surface area (Å²) in [4.78, 5) is 0. The van der Waals surface area contributed by atoms with Crippen LogP contribution < -0.4 is 0 Å². The highest BCUT2D eigenvalue weighted by atomic mass is 32.2. The molecule has 0 atom stereocenters. The number of rotatable bonds is 2. The van der Waals surface area contributed by atoms with Gasteiger partial charge >= 0.3 is 0 Å². The van der Waals surface area contributed by atoms with E-state index in [-0.39, 0.29) is 0 Å². The molecule has 0 radical (unpaired) electrons. The topological polar surface area (TPSA) is 0 Å². The number of thiol groups is 1. The Morgan fingerprint density at radius 2 is 1.19 bits per heavy atom. The molecule has 0 amide bonds. The van der Waals surface area contributed by atoms with Crippen molar-refractivity contribution in [1.82, 2.24) is 0 Å². The van der Waals surface area contributed by atoms with Gasteiger partial charge in [0.25, 0.3) is 0 Å². The van der Waals surface area contributed by atoms with E-state index in [0.717, 1.165) is 5.75 Å². The maximum atomic E-state index is 3.92. The minimum absolute atomic E-state index is 1.01. The lowest BCUT2D eigenvalue weighted by atomic mass is 10.3. The summed E-state index contributed by atoms with van der Waals surface area (Å²) in [6.07, 6.45) is 8.23. The van der Waals surface area contributed by atoms with Gasteiger partial charge in [-0.1, -0.05) is 53.9 Å². The summed E-state index contributed by atoms with van der Waals surface area (Å²) in [5, 5.41) is 0. The van der Waals surface area contributed by atoms with Crippen molar-refractivity contribution in [2.24, 2.45) is 0 Å². The summed E-state index contributed by atoms with van der Waals surface area (Å²) in [7, 11) is 0. The molecule has 0 unspecified atom stereocenters. The Balaban J connectivity index is -0.000000152. The zero-order valence-corrected chi connectivity index (χ0v) is 13.9. The van der Waals surface area contributed by atoms with Gasteiger partial charge in [-0.05, 0) is 36.5 Å². The zero-order chi connectivity index (χ0) is 13.1. The van der Waals surface area contributed by atoms with Crippen LogP contribution in [0.15, 0.2) is 0 Å². The van der Waals surface area contributed by atoms with Gasteiger partial charge in [-0.25, -0.2) is 0 Å². The van der Waals surface area contributed by atoms with E-state index in [1.165, 1.54) is 50.0 Å². The van der Waals surface area contributed by atoms with Crippen molar-refractivity contribution in [1.29, 1.82) is 0 Å². The summed E-state index contributed by atoms with van der Waals surface area (Å²) < 4.78 is 0. The van der Waals surface area contributed by atoms with Crippen LogP contribution >= 0.6 is 24.4 Å². The summed E-state index contributed by atoms with van der Waals surface area (Å²) in [5.74, 6) is 3.85. The highest BCUT2D eigenvalue weighted by Crippen LogP contribution is 2.14. The molecule has 0 aromatic rings. The van der Waals surface area contributed by atoms with Gasteiger partial charge in [0.15, 0.2) is 0 Å². The molecule has 16 heavy (non-hydrogen) atoms. The molecule has 0 nitrogen and oxygen atoms in total. The van der Waals surface area contributed by atoms with Crippen LogP contribution in [0, 0.1) is 0 Å². The number of hydrogen-bond acceptors (Lipinski definition) is 2. The summed E-state index contributed by atoms with van der Waals surface area (Å²) >= 11 is 6.02. The van der Waals surface area contributed by atoms with Gasteiger partial charge in [0.1, 0.15) is 0 Å². The molecule has 0 saturated carbocycles. The van der Waals surface area contributed by atoms with Gasteiger partial charge in [0, 0.05) is 0 Å². The van der Waals surface area contributed by atoms with Crippen molar-refractivity contribution in [2.75, 3.05) is 17.3 Å². The molecule has 0 aromatic carbocycles. The third-order valence-electron chi connectivity index (χ3n) is 1.80. The summed E-state index contributed by atoms with van der Waals surface area (Å²) in [6.45, 7) is 10.5. The van der Waals surface area contributed by atoms with Crippen LogP contribution in [0.3, 0.4) is 0 Å². The van der Waals surface area contributed by atoms with Gasteiger partial charge in [0.05, 0.1) is 0 Å². The number of hydrogen-bond donors (Lipinski definition) is 1. The predicted octanol–water partition coefficient (Wildman–Crippen LogP) is 6.06. The van der Waals surface area contributed by atoms with E-state index in [9.17, 15) is 0 Å². The zero-order valence-electron chi connectivity index (χ0n) is 12.2. The van der Waals surface area contributed by atoms with Crippen LogP contribution in [0.5, 0.6) is 0 Å². The third-order valence-corrected chi connectivity index (χ3v) is 3.40. The summed E-state index contributed by atoms with van der Waals surface area (Å²) in [6, 6.07) is 0. The highest BCUT2D eigenvalue weighted by molar-refractivity contribution is 7.99. The average Bonchev–Trinajstić information content (AvgIpc) is 2.43. The lowest BCUT2D eigenvalue weighted by molar-refractivity contribution is 0.764. The molecule has 2 heteroatoms. The Morgan fingerprint density at radius 3 is 1.25 bits per heavy atom. The molecule has 1 rings (SSSR count). The minimum Gasteiger partial charge on any atom is -0.179 e. The van der Waals surface area contributed by atoms with Crippen molar-refractivity contribution in [3.05, 3.63) is 0 Å². The van der Waals surface area contributed by atoms with Crippen molar-refractivity contribution in [3.63, 3.8) is 0 Å². The molecule has 102 valence electrons. The van der Waals surface area contributed by atoms with Crippen molar-refractivity contribution in [2.45, 2.75) is 73.1 Å². The lowest BCUT2D eigenvalue weighted by Crippen LogP contribution is -1.91. The van der Waals surface area contributed by atoms with E-state index in [4.69, 9.17) is 0 Å². The molecule has 0 spiro atoms. The molecule has 0 bridgehead atoms. The first-order valence-corrected chi connectivity index (χ1v) is 8.80. The Kier molecular flexibility index (Phi) is 40.6. The summed E-state index contributed by atoms with van der Waals surface area (Å²) in [5.41, 5.74) is 0. The van der Waals surface area contributed by atoms with Crippen molar-refractivity contribution in [3.8, 4) is 0 Å². The molecule has 0 N–H and O–H groups in total. The van der Waals surface area contributed by atoms with E-state index in [1.54, 1.807) is 0 Å². The van der Waals surface area contributed by atoms with Gasteiger partial charge in [-0.2, -0.15) is 24.4 Å². The molecular weight excluding hydrogens is 232 g/mol. The quantitative estimate of drug-likeness (QED) is 0.593. The largest absolute Gasteiger partial charge is 0.179 e. The number of unbranched alkanes of at least 4 members (excludes halogenated alkanes) is 1. The van der Waals surface area contributed by atoms with Crippen LogP contribution in [0.4, 0.5) is 0 Å². The Labute approximate surface area is 115 Å².